The molecule has 0 aliphatic rings. The maximum absolute atomic E-state index is 12.0. The first-order valence-electron chi connectivity index (χ1n) is 5.73. The normalized spacial score (nSPS) is 11.3. The van der Waals surface area contributed by atoms with Gasteiger partial charge < -0.3 is 11.1 Å². The van der Waals surface area contributed by atoms with Crippen molar-refractivity contribution in [3.63, 3.8) is 0 Å². The summed E-state index contributed by atoms with van der Waals surface area (Å²) in [4.78, 5) is 12.0. The van der Waals surface area contributed by atoms with Crippen molar-refractivity contribution in [2.75, 3.05) is 5.73 Å². The Kier molecular flexibility index (Phi) is 4.57. The van der Waals surface area contributed by atoms with Crippen molar-refractivity contribution in [2.24, 2.45) is 0 Å². The molecule has 0 aliphatic heterocycles. The van der Waals surface area contributed by atoms with E-state index in [0.717, 1.165) is 17.3 Å². The number of hydrogen-bond donors (Lipinski definition) is 2. The fraction of sp³-hybridized carbons (Fsp3) is 0.462. The molecule has 1 aromatic rings. The molecule has 0 radical (unpaired) electrons. The van der Waals surface area contributed by atoms with Gasteiger partial charge in [0, 0.05) is 21.3 Å². The smallest absolute Gasteiger partial charge is 0.251 e. The molecule has 0 unspecified atom stereocenters. The summed E-state index contributed by atoms with van der Waals surface area (Å²) < 4.78 is 0.807. The van der Waals surface area contributed by atoms with Gasteiger partial charge in [-0.2, -0.15) is 0 Å². The first-order valence-corrected chi connectivity index (χ1v) is 6.52. The number of carbonyl (C=O) groups is 1. The topological polar surface area (TPSA) is 55.1 Å². The number of anilines is 1. The standard InChI is InChI=1S/C13H19BrN2O/c1-4-7-13(2,3)16-12(17)9-5-6-10(14)11(15)8-9/h5-6,8H,4,7,15H2,1-3H3,(H,16,17). The molecular weight excluding hydrogens is 280 g/mol. The monoisotopic (exact) mass is 298 g/mol. The van der Waals surface area contributed by atoms with Crippen LogP contribution in [0.5, 0.6) is 0 Å². The molecular formula is C13H19BrN2O. The third-order valence-corrected chi connectivity index (χ3v) is 3.31. The molecule has 94 valence electrons. The lowest BCUT2D eigenvalue weighted by Crippen LogP contribution is -2.43. The van der Waals surface area contributed by atoms with Gasteiger partial charge in [-0.05, 0) is 54.4 Å². The largest absolute Gasteiger partial charge is 0.398 e. The molecule has 0 heterocycles. The minimum Gasteiger partial charge on any atom is -0.398 e. The highest BCUT2D eigenvalue weighted by Crippen LogP contribution is 2.21. The Hall–Kier alpha value is -1.03. The average molecular weight is 299 g/mol. The van der Waals surface area contributed by atoms with E-state index >= 15 is 0 Å². The Morgan fingerprint density at radius 1 is 1.47 bits per heavy atom. The van der Waals surface area contributed by atoms with Gasteiger partial charge in [0.25, 0.3) is 5.91 Å². The molecule has 1 rings (SSSR count). The molecule has 0 bridgehead atoms. The number of hydrogen-bond acceptors (Lipinski definition) is 2. The molecule has 4 heteroatoms. The van der Waals surface area contributed by atoms with Crippen molar-refractivity contribution in [1.29, 1.82) is 0 Å². The van der Waals surface area contributed by atoms with Crippen LogP contribution in [0.4, 0.5) is 5.69 Å². The Bertz CT molecular complexity index is 416. The minimum atomic E-state index is -0.187. The van der Waals surface area contributed by atoms with Gasteiger partial charge >= 0.3 is 0 Å². The van der Waals surface area contributed by atoms with Crippen LogP contribution in [-0.2, 0) is 0 Å². The predicted molar refractivity (Wildman–Crippen MR) is 75.0 cm³/mol. The maximum atomic E-state index is 12.0. The third kappa shape index (κ3) is 4.04. The molecule has 0 saturated carbocycles. The van der Waals surface area contributed by atoms with Gasteiger partial charge in [0.15, 0.2) is 0 Å². The Morgan fingerprint density at radius 2 is 2.12 bits per heavy atom. The second kappa shape index (κ2) is 5.54. The predicted octanol–water partition coefficient (Wildman–Crippen LogP) is 3.34. The molecule has 1 aromatic carbocycles. The van der Waals surface area contributed by atoms with E-state index in [9.17, 15) is 4.79 Å². The summed E-state index contributed by atoms with van der Waals surface area (Å²) in [6.07, 6.45) is 1.99. The second-order valence-electron chi connectivity index (χ2n) is 4.82. The van der Waals surface area contributed by atoms with Crippen LogP contribution >= 0.6 is 15.9 Å². The quantitative estimate of drug-likeness (QED) is 0.838. The lowest BCUT2D eigenvalue weighted by molar-refractivity contribution is 0.0909. The van der Waals surface area contributed by atoms with Gasteiger partial charge in [-0.25, -0.2) is 0 Å². The van der Waals surface area contributed by atoms with Crippen molar-refractivity contribution in [3.05, 3.63) is 28.2 Å². The SMILES string of the molecule is CCCC(C)(C)NC(=O)c1ccc(Br)c(N)c1. The molecule has 0 saturated heterocycles. The summed E-state index contributed by atoms with van der Waals surface area (Å²) in [7, 11) is 0. The molecule has 1 amide bonds. The zero-order valence-corrected chi connectivity index (χ0v) is 12.1. The first-order chi connectivity index (χ1) is 7.85. The number of rotatable bonds is 4. The summed E-state index contributed by atoms with van der Waals surface area (Å²) in [5.74, 6) is -0.0809. The van der Waals surface area contributed by atoms with E-state index < -0.39 is 0 Å². The van der Waals surface area contributed by atoms with Gasteiger partial charge in [-0.1, -0.05) is 13.3 Å². The zero-order valence-electron chi connectivity index (χ0n) is 10.5. The Balaban J connectivity index is 2.80. The molecule has 3 nitrogen and oxygen atoms in total. The lowest BCUT2D eigenvalue weighted by Gasteiger charge is -2.25. The van der Waals surface area contributed by atoms with E-state index in [0.29, 0.717) is 11.3 Å². The van der Waals surface area contributed by atoms with E-state index in [-0.39, 0.29) is 11.4 Å². The number of benzene rings is 1. The summed E-state index contributed by atoms with van der Waals surface area (Å²) >= 11 is 3.31. The van der Waals surface area contributed by atoms with Gasteiger partial charge in [0.1, 0.15) is 0 Å². The highest BCUT2D eigenvalue weighted by molar-refractivity contribution is 9.10. The molecule has 0 atom stereocenters. The van der Waals surface area contributed by atoms with Crippen LogP contribution in [0.3, 0.4) is 0 Å². The van der Waals surface area contributed by atoms with Crippen LogP contribution in [0.15, 0.2) is 22.7 Å². The van der Waals surface area contributed by atoms with Crippen LogP contribution in [0, 0.1) is 0 Å². The maximum Gasteiger partial charge on any atom is 0.251 e. The summed E-state index contributed by atoms with van der Waals surface area (Å²) in [6, 6.07) is 5.23. The van der Waals surface area contributed by atoms with E-state index in [2.05, 4.69) is 28.2 Å². The van der Waals surface area contributed by atoms with E-state index in [4.69, 9.17) is 5.73 Å². The molecule has 0 aromatic heterocycles. The average Bonchev–Trinajstić information content (AvgIpc) is 2.21. The molecule has 0 aliphatic carbocycles. The van der Waals surface area contributed by atoms with Crippen LogP contribution in [0.25, 0.3) is 0 Å². The Labute approximate surface area is 111 Å². The van der Waals surface area contributed by atoms with Gasteiger partial charge in [-0.15, -0.1) is 0 Å². The summed E-state index contributed by atoms with van der Waals surface area (Å²) in [5.41, 5.74) is 6.73. The second-order valence-corrected chi connectivity index (χ2v) is 5.68. The number of halogens is 1. The molecule has 0 spiro atoms. The van der Waals surface area contributed by atoms with Crippen molar-refractivity contribution in [2.45, 2.75) is 39.2 Å². The summed E-state index contributed by atoms with van der Waals surface area (Å²) in [5, 5.41) is 3.01. The van der Waals surface area contributed by atoms with Crippen molar-refractivity contribution in [1.82, 2.24) is 5.32 Å². The van der Waals surface area contributed by atoms with E-state index in [1.165, 1.54) is 0 Å². The van der Waals surface area contributed by atoms with Crippen LogP contribution in [0.2, 0.25) is 0 Å². The van der Waals surface area contributed by atoms with Gasteiger partial charge in [0.2, 0.25) is 0 Å². The number of nitrogen functional groups attached to an aromatic ring is 1. The summed E-state index contributed by atoms with van der Waals surface area (Å²) in [6.45, 7) is 6.15. The molecule has 3 N–H and O–H groups in total. The van der Waals surface area contributed by atoms with Gasteiger partial charge in [-0.3, -0.25) is 4.79 Å². The van der Waals surface area contributed by atoms with Crippen LogP contribution in [0.1, 0.15) is 44.0 Å². The minimum absolute atomic E-state index is 0.0809. The number of nitrogens with one attached hydrogen (secondary N) is 1. The van der Waals surface area contributed by atoms with Gasteiger partial charge in [0.05, 0.1) is 0 Å². The van der Waals surface area contributed by atoms with Crippen molar-refractivity contribution in [3.8, 4) is 0 Å². The van der Waals surface area contributed by atoms with Crippen LogP contribution in [-0.4, -0.2) is 11.4 Å². The number of amides is 1. The van der Waals surface area contributed by atoms with E-state index in [1.807, 2.05) is 13.8 Å². The van der Waals surface area contributed by atoms with E-state index in [1.54, 1.807) is 18.2 Å². The van der Waals surface area contributed by atoms with Crippen LogP contribution < -0.4 is 11.1 Å². The fourth-order valence-electron chi connectivity index (χ4n) is 1.75. The van der Waals surface area contributed by atoms with Crippen molar-refractivity contribution < 1.29 is 4.79 Å². The highest BCUT2D eigenvalue weighted by Gasteiger charge is 2.20. The zero-order chi connectivity index (χ0) is 13.1. The third-order valence-electron chi connectivity index (χ3n) is 2.59. The lowest BCUT2D eigenvalue weighted by atomic mass is 9.98. The fourth-order valence-corrected chi connectivity index (χ4v) is 2.00. The van der Waals surface area contributed by atoms with Crippen molar-refractivity contribution >= 4 is 27.5 Å². The number of carbonyl (C=O) groups excluding carboxylic acids is 1. The number of nitrogens with two attached hydrogens (primary N) is 1. The molecule has 17 heavy (non-hydrogen) atoms. The Morgan fingerprint density at radius 3 is 2.65 bits per heavy atom. The highest BCUT2D eigenvalue weighted by atomic mass is 79.9. The molecule has 0 fully saturated rings. The first kappa shape index (κ1) is 14.0.